The molecule has 0 spiro atoms. The van der Waals surface area contributed by atoms with Crippen LogP contribution in [0.5, 0.6) is 0 Å². The summed E-state index contributed by atoms with van der Waals surface area (Å²) in [5.74, 6) is 3.35. The Hall–Kier alpha value is -1.20. The van der Waals surface area contributed by atoms with Crippen LogP contribution in [0.2, 0.25) is 0 Å². The monoisotopic (exact) mass is 486 g/mol. The van der Waals surface area contributed by atoms with Gasteiger partial charge in [-0.15, -0.1) is 0 Å². The van der Waals surface area contributed by atoms with E-state index in [1.165, 1.54) is 44.7 Å². The summed E-state index contributed by atoms with van der Waals surface area (Å²) in [7, 11) is 1.50. The third-order valence-electron chi connectivity index (χ3n) is 11.5. The molecule has 9 unspecified atom stereocenters. The number of carbonyl (C=O) groups excluding carboxylic acids is 2. The van der Waals surface area contributed by atoms with E-state index in [1.54, 1.807) is 6.92 Å². The summed E-state index contributed by atoms with van der Waals surface area (Å²) in [5, 5.41) is 0. The van der Waals surface area contributed by atoms with Gasteiger partial charge in [0.15, 0.2) is 5.78 Å². The van der Waals surface area contributed by atoms with Gasteiger partial charge in [-0.05, 0) is 116 Å². The minimum atomic E-state index is -0.376. The first-order valence-corrected chi connectivity index (χ1v) is 14.2. The second kappa shape index (κ2) is 9.28. The number of allylic oxidation sites excluding steroid dienone is 1. The molecule has 4 fully saturated rings. The molecule has 5 aliphatic carbocycles. The van der Waals surface area contributed by atoms with Gasteiger partial charge in [0.2, 0.25) is 0 Å². The third kappa shape index (κ3) is 3.95. The van der Waals surface area contributed by atoms with Crippen LogP contribution in [0.4, 0.5) is 0 Å². The fraction of sp³-hybridized carbons (Fsp3) is 0.867. The van der Waals surface area contributed by atoms with Crippen molar-refractivity contribution in [3.63, 3.8) is 0 Å². The number of hydrogen-bond acceptors (Lipinski definition) is 5. The van der Waals surface area contributed by atoms with Crippen LogP contribution in [0.3, 0.4) is 0 Å². The van der Waals surface area contributed by atoms with E-state index < -0.39 is 0 Å². The zero-order valence-corrected chi connectivity index (χ0v) is 23.3. The Kier molecular flexibility index (Phi) is 7.12. The van der Waals surface area contributed by atoms with Gasteiger partial charge in [0.1, 0.15) is 6.10 Å². The fourth-order valence-corrected chi connectivity index (χ4v) is 10.3. The molecule has 4 N–H and O–H groups in total. The van der Waals surface area contributed by atoms with Crippen molar-refractivity contribution in [2.24, 2.45) is 57.8 Å². The summed E-state index contributed by atoms with van der Waals surface area (Å²) >= 11 is 0. The molecule has 4 saturated carbocycles. The smallest absolute Gasteiger partial charge is 0.302 e. The molecule has 0 aromatic carbocycles. The van der Waals surface area contributed by atoms with E-state index in [2.05, 4.69) is 40.4 Å². The second-order valence-corrected chi connectivity index (χ2v) is 13.3. The van der Waals surface area contributed by atoms with E-state index in [4.69, 9.17) is 10.5 Å². The van der Waals surface area contributed by atoms with Crippen molar-refractivity contribution < 1.29 is 14.3 Å². The molecule has 0 bridgehead atoms. The van der Waals surface area contributed by atoms with Gasteiger partial charge in [0.05, 0.1) is 0 Å². The van der Waals surface area contributed by atoms with Crippen molar-refractivity contribution in [2.75, 3.05) is 7.05 Å². The van der Waals surface area contributed by atoms with Gasteiger partial charge in [-0.25, -0.2) is 0 Å². The molecule has 198 valence electrons. The highest BCUT2D eigenvalue weighted by Gasteiger charge is 2.64. The summed E-state index contributed by atoms with van der Waals surface area (Å²) in [5.41, 5.74) is 14.2. The molecular formula is C30H50N2O3. The molecule has 35 heavy (non-hydrogen) atoms. The molecule has 0 aromatic heterocycles. The van der Waals surface area contributed by atoms with Gasteiger partial charge in [-0.3, -0.25) is 9.59 Å². The largest absolute Gasteiger partial charge is 0.462 e. The van der Waals surface area contributed by atoms with Crippen LogP contribution >= 0.6 is 0 Å². The Morgan fingerprint density at radius 3 is 2.20 bits per heavy atom. The molecule has 5 heteroatoms. The minimum Gasteiger partial charge on any atom is -0.462 e. The van der Waals surface area contributed by atoms with E-state index in [1.807, 2.05) is 0 Å². The fourth-order valence-electron chi connectivity index (χ4n) is 10.3. The first-order valence-electron chi connectivity index (χ1n) is 14.2. The summed E-state index contributed by atoms with van der Waals surface area (Å²) in [6, 6.07) is 0. The van der Waals surface area contributed by atoms with Crippen LogP contribution in [-0.2, 0) is 14.3 Å². The topological polar surface area (TPSA) is 95.4 Å². The standard InChI is InChI=1S/C29H45NO3.CH5N/c1-16(2)25-22(32)15-29(30)14-10-21-19(26(25)29)7-8-24-27(5)13-11-23(33-18(4)31)17(3)20(27)9-12-28(21,24)6;1-2/h16-17,19-21,23-24H,7-15,30H2,1-6H3;2H2,1H3. The van der Waals surface area contributed by atoms with Crippen LogP contribution in [-0.4, -0.2) is 30.4 Å². The molecule has 0 aliphatic heterocycles. The SMILES string of the molecule is CC(=O)OC1CCC2(C)C(CCC3(C)C4CCC5(N)CC(=O)C(C(C)C)=C5C4CCC32)C1C.CN. The van der Waals surface area contributed by atoms with Crippen LogP contribution in [0, 0.1) is 46.3 Å². The van der Waals surface area contributed by atoms with E-state index in [9.17, 15) is 9.59 Å². The van der Waals surface area contributed by atoms with Gasteiger partial charge in [-0.1, -0.05) is 34.6 Å². The van der Waals surface area contributed by atoms with Crippen molar-refractivity contribution in [3.05, 3.63) is 11.1 Å². The summed E-state index contributed by atoms with van der Waals surface area (Å²) in [6.45, 7) is 13.4. The molecule has 0 aromatic rings. The minimum absolute atomic E-state index is 0.0806. The number of carbonyl (C=O) groups is 2. The zero-order valence-electron chi connectivity index (χ0n) is 23.3. The number of Topliss-reactive ketones (excluding diaryl/α,β-unsaturated/α-hetero) is 1. The Morgan fingerprint density at radius 2 is 1.57 bits per heavy atom. The highest BCUT2D eigenvalue weighted by Crippen LogP contribution is 2.70. The molecule has 5 rings (SSSR count). The van der Waals surface area contributed by atoms with E-state index in [0.717, 1.165) is 24.8 Å². The Balaban J connectivity index is 0.00000141. The lowest BCUT2D eigenvalue weighted by atomic mass is 9.38. The quantitative estimate of drug-likeness (QED) is 0.509. The number of esters is 1. The van der Waals surface area contributed by atoms with Gasteiger partial charge in [-0.2, -0.15) is 0 Å². The average molecular weight is 487 g/mol. The Labute approximate surface area is 213 Å². The normalized spacial score (nSPS) is 46.6. The first kappa shape index (κ1) is 26.9. The Bertz CT molecular complexity index is 896. The van der Waals surface area contributed by atoms with Crippen molar-refractivity contribution in [1.29, 1.82) is 0 Å². The maximum absolute atomic E-state index is 13.0. The number of ketones is 1. The van der Waals surface area contributed by atoms with Gasteiger partial charge in [0, 0.05) is 18.9 Å². The maximum atomic E-state index is 13.0. The molecular weight excluding hydrogens is 436 g/mol. The number of fused-ring (bicyclic) bond motifs is 7. The average Bonchev–Trinajstić information content (AvgIpc) is 3.07. The van der Waals surface area contributed by atoms with Crippen LogP contribution < -0.4 is 11.5 Å². The van der Waals surface area contributed by atoms with Crippen LogP contribution in [0.15, 0.2) is 11.1 Å². The van der Waals surface area contributed by atoms with Crippen molar-refractivity contribution in [1.82, 2.24) is 0 Å². The number of nitrogens with two attached hydrogens (primary N) is 2. The number of ether oxygens (including phenoxy) is 1. The summed E-state index contributed by atoms with van der Waals surface area (Å²) in [4.78, 5) is 24.7. The van der Waals surface area contributed by atoms with E-state index in [-0.39, 0.29) is 23.5 Å². The van der Waals surface area contributed by atoms with Crippen LogP contribution in [0.1, 0.15) is 99.3 Å². The van der Waals surface area contributed by atoms with E-state index >= 15 is 0 Å². The molecule has 0 radical (unpaired) electrons. The van der Waals surface area contributed by atoms with Crippen LogP contribution in [0.25, 0.3) is 0 Å². The number of hydrogen-bond donors (Lipinski definition) is 2. The second-order valence-electron chi connectivity index (χ2n) is 13.3. The lowest BCUT2D eigenvalue weighted by Gasteiger charge is -2.67. The molecule has 0 amide bonds. The molecule has 9 atom stereocenters. The Morgan fingerprint density at radius 1 is 0.971 bits per heavy atom. The van der Waals surface area contributed by atoms with Gasteiger partial charge < -0.3 is 16.2 Å². The maximum Gasteiger partial charge on any atom is 0.302 e. The highest BCUT2D eigenvalue weighted by molar-refractivity contribution is 6.01. The molecule has 5 aliphatic rings. The lowest BCUT2D eigenvalue weighted by molar-refractivity contribution is -0.188. The summed E-state index contributed by atoms with van der Waals surface area (Å²) in [6.07, 6.45) is 9.84. The van der Waals surface area contributed by atoms with E-state index in [0.29, 0.717) is 52.6 Å². The molecule has 0 heterocycles. The molecule has 5 nitrogen and oxygen atoms in total. The van der Waals surface area contributed by atoms with Gasteiger partial charge >= 0.3 is 5.97 Å². The lowest BCUT2D eigenvalue weighted by Crippen LogP contribution is -2.61. The van der Waals surface area contributed by atoms with Crippen molar-refractivity contribution in [3.8, 4) is 0 Å². The zero-order chi connectivity index (χ0) is 25.9. The van der Waals surface area contributed by atoms with Crippen molar-refractivity contribution in [2.45, 2.75) is 111 Å². The third-order valence-corrected chi connectivity index (χ3v) is 11.5. The highest BCUT2D eigenvalue weighted by atomic mass is 16.5. The predicted molar refractivity (Wildman–Crippen MR) is 140 cm³/mol. The van der Waals surface area contributed by atoms with Gasteiger partial charge in [0.25, 0.3) is 0 Å². The predicted octanol–water partition coefficient (Wildman–Crippen LogP) is 5.40. The molecule has 0 saturated heterocycles. The number of rotatable bonds is 2. The first-order chi connectivity index (χ1) is 16.4. The summed E-state index contributed by atoms with van der Waals surface area (Å²) < 4.78 is 5.76. The van der Waals surface area contributed by atoms with Crippen molar-refractivity contribution >= 4 is 11.8 Å².